The number of anilines is 2. The van der Waals surface area contributed by atoms with E-state index in [0.29, 0.717) is 13.1 Å². The molecule has 0 radical (unpaired) electrons. The third-order valence-electron chi connectivity index (χ3n) is 2.98. The van der Waals surface area contributed by atoms with Crippen LogP contribution in [-0.4, -0.2) is 44.1 Å². The van der Waals surface area contributed by atoms with E-state index in [1.165, 1.54) is 6.07 Å². The van der Waals surface area contributed by atoms with Crippen molar-refractivity contribution >= 4 is 27.2 Å². The van der Waals surface area contributed by atoms with Gasteiger partial charge in [-0.25, -0.2) is 13.2 Å². The third kappa shape index (κ3) is 2.56. The Labute approximate surface area is 105 Å². The van der Waals surface area contributed by atoms with Crippen molar-refractivity contribution in [2.45, 2.75) is 0 Å². The lowest BCUT2D eigenvalue weighted by molar-refractivity contribution is 0.0698. The molecule has 0 saturated carbocycles. The lowest BCUT2D eigenvalue weighted by Crippen LogP contribution is -2.40. The predicted molar refractivity (Wildman–Crippen MR) is 68.7 cm³/mol. The zero-order valence-electron chi connectivity index (χ0n) is 9.67. The van der Waals surface area contributed by atoms with Gasteiger partial charge in [-0.2, -0.15) is 0 Å². The number of hydrogen-bond acceptors (Lipinski definition) is 5. The van der Waals surface area contributed by atoms with Crippen LogP contribution in [0, 0.1) is 0 Å². The molecule has 18 heavy (non-hydrogen) atoms. The van der Waals surface area contributed by atoms with Crippen LogP contribution >= 0.6 is 0 Å². The minimum absolute atomic E-state index is 0.0587. The van der Waals surface area contributed by atoms with Gasteiger partial charge >= 0.3 is 5.97 Å². The molecule has 0 amide bonds. The highest BCUT2D eigenvalue weighted by Crippen LogP contribution is 2.23. The van der Waals surface area contributed by atoms with Crippen molar-refractivity contribution in [2.75, 3.05) is 35.2 Å². The van der Waals surface area contributed by atoms with E-state index in [9.17, 15) is 13.2 Å². The molecule has 0 atom stereocenters. The Morgan fingerprint density at radius 2 is 1.89 bits per heavy atom. The maximum absolute atomic E-state index is 11.3. The summed E-state index contributed by atoms with van der Waals surface area (Å²) in [4.78, 5) is 12.7. The van der Waals surface area contributed by atoms with Crippen LogP contribution in [0.15, 0.2) is 18.2 Å². The number of nitrogens with two attached hydrogens (primary N) is 1. The second kappa shape index (κ2) is 4.49. The molecule has 3 N–H and O–H groups in total. The van der Waals surface area contributed by atoms with E-state index in [2.05, 4.69) is 0 Å². The third-order valence-corrected chi connectivity index (χ3v) is 4.58. The van der Waals surface area contributed by atoms with Crippen molar-refractivity contribution in [1.82, 2.24) is 0 Å². The van der Waals surface area contributed by atoms with Crippen molar-refractivity contribution in [1.29, 1.82) is 0 Å². The Balaban J connectivity index is 2.21. The first-order chi connectivity index (χ1) is 8.39. The van der Waals surface area contributed by atoms with Gasteiger partial charge in [0, 0.05) is 24.5 Å². The summed E-state index contributed by atoms with van der Waals surface area (Å²) < 4.78 is 22.6. The van der Waals surface area contributed by atoms with Gasteiger partial charge in [-0.15, -0.1) is 0 Å². The van der Waals surface area contributed by atoms with Crippen LogP contribution < -0.4 is 10.6 Å². The van der Waals surface area contributed by atoms with Crippen LogP contribution in [0.25, 0.3) is 0 Å². The van der Waals surface area contributed by atoms with Gasteiger partial charge in [0.05, 0.1) is 17.1 Å². The molecule has 0 unspecified atom stereocenters. The first-order valence-electron chi connectivity index (χ1n) is 5.47. The fourth-order valence-electron chi connectivity index (χ4n) is 1.91. The molecule has 7 heteroatoms. The van der Waals surface area contributed by atoms with Crippen molar-refractivity contribution in [3.63, 3.8) is 0 Å². The summed E-state index contributed by atoms with van der Waals surface area (Å²) in [7, 11) is -2.92. The highest BCUT2D eigenvalue weighted by molar-refractivity contribution is 7.91. The molecule has 6 nitrogen and oxygen atoms in total. The molecule has 0 aliphatic carbocycles. The standard InChI is InChI=1S/C11H14N2O4S/c12-10-7-8(1-2-9(10)11(14)15)13-3-5-18(16,17)6-4-13/h1-2,7H,3-6,12H2,(H,14,15). The summed E-state index contributed by atoms with van der Waals surface area (Å²) in [5.41, 5.74) is 6.66. The first kappa shape index (κ1) is 12.7. The van der Waals surface area contributed by atoms with Gasteiger partial charge in [0.2, 0.25) is 0 Å². The number of nitrogens with zero attached hydrogens (tertiary/aromatic N) is 1. The zero-order valence-corrected chi connectivity index (χ0v) is 10.5. The van der Waals surface area contributed by atoms with Crippen LogP contribution in [0.5, 0.6) is 0 Å². The van der Waals surface area contributed by atoms with Gasteiger partial charge in [0.1, 0.15) is 0 Å². The van der Waals surface area contributed by atoms with E-state index in [-0.39, 0.29) is 22.8 Å². The van der Waals surface area contributed by atoms with Gasteiger partial charge in [-0.05, 0) is 18.2 Å². The van der Waals surface area contributed by atoms with Gasteiger partial charge in [0.15, 0.2) is 9.84 Å². The van der Waals surface area contributed by atoms with E-state index in [1.54, 1.807) is 12.1 Å². The topological polar surface area (TPSA) is 101 Å². The van der Waals surface area contributed by atoms with Crippen LogP contribution in [0.1, 0.15) is 10.4 Å². The molecule has 1 aromatic carbocycles. The molecule has 98 valence electrons. The lowest BCUT2D eigenvalue weighted by Gasteiger charge is -2.29. The lowest BCUT2D eigenvalue weighted by atomic mass is 10.1. The molecule has 0 aromatic heterocycles. The highest BCUT2D eigenvalue weighted by Gasteiger charge is 2.22. The van der Waals surface area contributed by atoms with Crippen molar-refractivity contribution in [2.24, 2.45) is 0 Å². The molecule has 2 rings (SSSR count). The second-order valence-electron chi connectivity index (χ2n) is 4.22. The largest absolute Gasteiger partial charge is 0.478 e. The first-order valence-corrected chi connectivity index (χ1v) is 7.29. The van der Waals surface area contributed by atoms with Gasteiger partial charge in [-0.3, -0.25) is 0 Å². The summed E-state index contributed by atoms with van der Waals surface area (Å²) in [5, 5.41) is 8.86. The number of nitrogen functional groups attached to an aromatic ring is 1. The molecule has 1 fully saturated rings. The average Bonchev–Trinajstić information content (AvgIpc) is 2.28. The molecule has 1 aromatic rings. The number of aromatic carboxylic acids is 1. The Bertz CT molecular complexity index is 569. The Kier molecular flexibility index (Phi) is 3.16. The number of rotatable bonds is 2. The summed E-state index contributed by atoms with van der Waals surface area (Å²) in [6.45, 7) is 0.822. The maximum Gasteiger partial charge on any atom is 0.337 e. The molecule has 1 saturated heterocycles. The monoisotopic (exact) mass is 270 g/mol. The van der Waals surface area contributed by atoms with Gasteiger partial charge in [0.25, 0.3) is 0 Å². The van der Waals surface area contributed by atoms with E-state index in [1.807, 2.05) is 4.90 Å². The molecule has 1 aliphatic rings. The SMILES string of the molecule is Nc1cc(N2CCS(=O)(=O)CC2)ccc1C(=O)O. The Morgan fingerprint density at radius 1 is 1.28 bits per heavy atom. The zero-order chi connectivity index (χ0) is 13.3. The van der Waals surface area contributed by atoms with Crippen LogP contribution in [-0.2, 0) is 9.84 Å². The number of carbonyl (C=O) groups is 1. The van der Waals surface area contributed by atoms with E-state index >= 15 is 0 Å². The Hall–Kier alpha value is -1.76. The molecular weight excluding hydrogens is 256 g/mol. The van der Waals surface area contributed by atoms with E-state index in [4.69, 9.17) is 10.8 Å². The predicted octanol–water partition coefficient (Wildman–Crippen LogP) is 0.202. The highest BCUT2D eigenvalue weighted by atomic mass is 32.2. The normalized spacial score (nSPS) is 18.6. The fraction of sp³-hybridized carbons (Fsp3) is 0.364. The van der Waals surface area contributed by atoms with E-state index in [0.717, 1.165) is 5.69 Å². The van der Waals surface area contributed by atoms with Crippen LogP contribution in [0.2, 0.25) is 0 Å². The van der Waals surface area contributed by atoms with E-state index < -0.39 is 15.8 Å². The number of sulfone groups is 1. The Morgan fingerprint density at radius 3 is 2.39 bits per heavy atom. The summed E-state index contributed by atoms with van der Waals surface area (Å²) >= 11 is 0. The number of carboxylic acids is 1. The smallest absolute Gasteiger partial charge is 0.337 e. The fourth-order valence-corrected chi connectivity index (χ4v) is 3.11. The number of carboxylic acid groups (broad SMARTS) is 1. The van der Waals surface area contributed by atoms with Crippen LogP contribution in [0.4, 0.5) is 11.4 Å². The molecule has 0 spiro atoms. The quantitative estimate of drug-likeness (QED) is 0.745. The molecular formula is C11H14N2O4S. The van der Waals surface area contributed by atoms with Gasteiger partial charge in [-0.1, -0.05) is 0 Å². The summed E-state index contributed by atoms with van der Waals surface area (Å²) in [6.07, 6.45) is 0. The van der Waals surface area contributed by atoms with Crippen LogP contribution in [0.3, 0.4) is 0 Å². The summed E-state index contributed by atoms with van der Waals surface area (Å²) in [5.74, 6) is -0.832. The minimum atomic E-state index is -2.92. The summed E-state index contributed by atoms with van der Waals surface area (Å²) in [6, 6.07) is 4.66. The number of benzene rings is 1. The molecule has 0 bridgehead atoms. The van der Waals surface area contributed by atoms with Crippen molar-refractivity contribution in [3.05, 3.63) is 23.8 Å². The minimum Gasteiger partial charge on any atom is -0.478 e. The van der Waals surface area contributed by atoms with Crippen molar-refractivity contribution in [3.8, 4) is 0 Å². The molecule has 1 aliphatic heterocycles. The van der Waals surface area contributed by atoms with Crippen molar-refractivity contribution < 1.29 is 18.3 Å². The maximum atomic E-state index is 11.3. The number of hydrogen-bond donors (Lipinski definition) is 2. The molecule has 1 heterocycles. The average molecular weight is 270 g/mol. The second-order valence-corrected chi connectivity index (χ2v) is 6.52. The van der Waals surface area contributed by atoms with Gasteiger partial charge < -0.3 is 15.7 Å².